The standard InChI is InChI=1S/C33H38N2O6S/c1-8-14-23-17-22(18-26(38-9-2)30(23)39-10-3)19-27-31(36)35-29(24-15-12-13-16-25(24)41-20(5)6)28(32(37)40-11-4)21(7)34-33(35)42-27/h8,12-13,15-20,29H,1,9-11,14H2,2-7H3/b27-19+/t29-/m0/s1. The van der Waals surface area contributed by atoms with Crippen LogP contribution in [0.4, 0.5) is 0 Å². The number of hydrogen-bond acceptors (Lipinski definition) is 8. The molecule has 3 aromatic rings. The van der Waals surface area contributed by atoms with Crippen LogP contribution in [0.15, 0.2) is 70.1 Å². The maximum atomic E-state index is 14.2. The van der Waals surface area contributed by atoms with Gasteiger partial charge in [0.25, 0.3) is 5.56 Å². The minimum atomic E-state index is -0.770. The summed E-state index contributed by atoms with van der Waals surface area (Å²) in [6, 6.07) is 10.5. The first kappa shape index (κ1) is 30.8. The zero-order valence-corrected chi connectivity index (χ0v) is 25.9. The number of hydrogen-bond donors (Lipinski definition) is 0. The number of fused-ring (bicyclic) bond motifs is 1. The third kappa shape index (κ3) is 6.36. The second kappa shape index (κ2) is 13.7. The van der Waals surface area contributed by atoms with E-state index in [0.717, 1.165) is 11.1 Å². The van der Waals surface area contributed by atoms with Gasteiger partial charge in [0.2, 0.25) is 0 Å². The minimum Gasteiger partial charge on any atom is -0.491 e. The van der Waals surface area contributed by atoms with Gasteiger partial charge in [0.15, 0.2) is 16.3 Å². The Morgan fingerprint density at radius 3 is 2.50 bits per heavy atom. The van der Waals surface area contributed by atoms with E-state index >= 15 is 0 Å². The van der Waals surface area contributed by atoms with Crippen LogP contribution < -0.4 is 29.1 Å². The molecule has 0 aliphatic carbocycles. The van der Waals surface area contributed by atoms with Gasteiger partial charge >= 0.3 is 5.97 Å². The van der Waals surface area contributed by atoms with E-state index in [1.807, 2.05) is 76.2 Å². The summed E-state index contributed by atoms with van der Waals surface area (Å²) in [5.74, 6) is 1.36. The Balaban J connectivity index is 1.97. The lowest BCUT2D eigenvalue weighted by Gasteiger charge is -2.26. The molecular formula is C33H38N2O6S. The lowest BCUT2D eigenvalue weighted by molar-refractivity contribution is -0.139. The van der Waals surface area contributed by atoms with E-state index < -0.39 is 12.0 Å². The molecule has 1 aromatic heterocycles. The third-order valence-corrected chi connectivity index (χ3v) is 7.48. The fourth-order valence-electron chi connectivity index (χ4n) is 4.95. The number of esters is 1. The van der Waals surface area contributed by atoms with Crippen LogP contribution in [0, 0.1) is 0 Å². The number of carbonyl (C=O) groups excluding carboxylic acids is 1. The van der Waals surface area contributed by atoms with Crippen LogP contribution in [-0.2, 0) is 16.0 Å². The lowest BCUT2D eigenvalue weighted by atomic mass is 9.95. The van der Waals surface area contributed by atoms with Gasteiger partial charge in [-0.1, -0.05) is 35.6 Å². The van der Waals surface area contributed by atoms with Crippen molar-refractivity contribution >= 4 is 23.4 Å². The van der Waals surface area contributed by atoms with Crippen molar-refractivity contribution in [2.24, 2.45) is 4.99 Å². The van der Waals surface area contributed by atoms with E-state index in [0.29, 0.717) is 63.1 Å². The molecule has 0 N–H and O–H groups in total. The Bertz CT molecular complexity index is 1680. The average Bonchev–Trinajstić information content (AvgIpc) is 3.24. The SMILES string of the molecule is C=CCc1cc(/C=c2/sc3n(c2=O)[C@@H](c2ccccc2OC(C)C)C(C(=O)OCC)=C(C)N=3)cc(OCC)c1OCC. The van der Waals surface area contributed by atoms with Crippen LogP contribution in [0.2, 0.25) is 0 Å². The highest BCUT2D eigenvalue weighted by Gasteiger charge is 2.35. The summed E-state index contributed by atoms with van der Waals surface area (Å²) in [6.07, 6.45) is 4.10. The second-order valence-corrected chi connectivity index (χ2v) is 10.9. The number of ether oxygens (including phenoxy) is 4. The molecule has 0 saturated carbocycles. The van der Waals surface area contributed by atoms with Crippen LogP contribution in [0.1, 0.15) is 64.3 Å². The summed E-state index contributed by atoms with van der Waals surface area (Å²) in [5.41, 5.74) is 2.92. The molecule has 0 radical (unpaired) electrons. The van der Waals surface area contributed by atoms with Gasteiger partial charge in [0.1, 0.15) is 11.8 Å². The summed E-state index contributed by atoms with van der Waals surface area (Å²) in [7, 11) is 0. The van der Waals surface area contributed by atoms with Gasteiger partial charge in [-0.15, -0.1) is 6.58 Å². The normalized spacial score (nSPS) is 14.8. The van der Waals surface area contributed by atoms with Gasteiger partial charge in [-0.05, 0) is 77.8 Å². The van der Waals surface area contributed by atoms with Crippen molar-refractivity contribution in [3.8, 4) is 17.2 Å². The van der Waals surface area contributed by atoms with Crippen molar-refractivity contribution in [1.29, 1.82) is 0 Å². The van der Waals surface area contributed by atoms with Crippen LogP contribution in [0.5, 0.6) is 17.2 Å². The predicted molar refractivity (Wildman–Crippen MR) is 165 cm³/mol. The summed E-state index contributed by atoms with van der Waals surface area (Å²) >= 11 is 1.27. The summed E-state index contributed by atoms with van der Waals surface area (Å²) in [5, 5.41) is 0. The number of benzene rings is 2. The van der Waals surface area contributed by atoms with E-state index in [-0.39, 0.29) is 18.3 Å². The molecule has 0 unspecified atom stereocenters. The maximum Gasteiger partial charge on any atom is 0.338 e. The molecule has 42 heavy (non-hydrogen) atoms. The number of nitrogens with zero attached hydrogens (tertiary/aromatic N) is 2. The number of thiazole rings is 1. The monoisotopic (exact) mass is 590 g/mol. The molecule has 0 fully saturated rings. The highest BCUT2D eigenvalue weighted by Crippen LogP contribution is 2.37. The van der Waals surface area contributed by atoms with Gasteiger partial charge in [-0.3, -0.25) is 9.36 Å². The Kier molecular flexibility index (Phi) is 10.1. The van der Waals surface area contributed by atoms with Crippen molar-refractivity contribution in [2.45, 2.75) is 60.1 Å². The second-order valence-electron chi connectivity index (χ2n) is 9.87. The molecule has 4 rings (SSSR count). The molecular weight excluding hydrogens is 552 g/mol. The summed E-state index contributed by atoms with van der Waals surface area (Å²) in [6.45, 7) is 16.3. The smallest absolute Gasteiger partial charge is 0.338 e. The molecule has 2 aromatic carbocycles. The van der Waals surface area contributed by atoms with Crippen molar-refractivity contribution in [3.05, 3.63) is 96.7 Å². The van der Waals surface area contributed by atoms with Gasteiger partial charge in [-0.25, -0.2) is 9.79 Å². The van der Waals surface area contributed by atoms with Gasteiger partial charge in [-0.2, -0.15) is 0 Å². The van der Waals surface area contributed by atoms with Gasteiger partial charge in [0, 0.05) is 11.1 Å². The van der Waals surface area contributed by atoms with E-state index in [9.17, 15) is 9.59 Å². The molecule has 0 saturated heterocycles. The predicted octanol–water partition coefficient (Wildman–Crippen LogP) is 5.11. The zero-order chi connectivity index (χ0) is 30.4. The molecule has 1 aliphatic heterocycles. The van der Waals surface area contributed by atoms with Crippen LogP contribution >= 0.6 is 11.3 Å². The van der Waals surface area contributed by atoms with Gasteiger partial charge < -0.3 is 18.9 Å². The van der Waals surface area contributed by atoms with Gasteiger partial charge in [0.05, 0.1) is 41.7 Å². The molecule has 1 aliphatic rings. The summed E-state index contributed by atoms with van der Waals surface area (Å²) in [4.78, 5) is 32.6. The molecule has 1 atom stereocenters. The molecule has 8 nitrogen and oxygen atoms in total. The first-order valence-corrected chi connectivity index (χ1v) is 15.0. The first-order valence-electron chi connectivity index (χ1n) is 14.2. The average molecular weight is 591 g/mol. The zero-order valence-electron chi connectivity index (χ0n) is 25.1. The minimum absolute atomic E-state index is 0.109. The van der Waals surface area contributed by atoms with Crippen LogP contribution in [0.25, 0.3) is 6.08 Å². The molecule has 0 bridgehead atoms. The van der Waals surface area contributed by atoms with Crippen molar-refractivity contribution in [3.63, 3.8) is 0 Å². The van der Waals surface area contributed by atoms with E-state index in [2.05, 4.69) is 6.58 Å². The molecule has 9 heteroatoms. The Hall–Kier alpha value is -4.11. The van der Waals surface area contributed by atoms with E-state index in [1.54, 1.807) is 18.4 Å². The van der Waals surface area contributed by atoms with Crippen molar-refractivity contribution in [2.75, 3.05) is 19.8 Å². The van der Waals surface area contributed by atoms with Crippen LogP contribution in [0.3, 0.4) is 0 Å². The largest absolute Gasteiger partial charge is 0.491 e. The Morgan fingerprint density at radius 1 is 1.10 bits per heavy atom. The molecule has 0 amide bonds. The maximum absolute atomic E-state index is 14.2. The molecule has 222 valence electrons. The number of allylic oxidation sites excluding steroid dienone is 2. The number of rotatable bonds is 12. The van der Waals surface area contributed by atoms with Crippen molar-refractivity contribution in [1.82, 2.24) is 4.57 Å². The number of para-hydroxylation sites is 1. The Morgan fingerprint density at radius 2 is 1.83 bits per heavy atom. The first-order chi connectivity index (χ1) is 20.2. The molecule has 0 spiro atoms. The third-order valence-electron chi connectivity index (χ3n) is 6.50. The number of carbonyl (C=O) groups is 1. The fourth-order valence-corrected chi connectivity index (χ4v) is 6.00. The highest BCUT2D eigenvalue weighted by atomic mass is 32.1. The Labute approximate surface area is 250 Å². The number of aromatic nitrogens is 1. The van der Waals surface area contributed by atoms with Crippen molar-refractivity contribution < 1.29 is 23.7 Å². The van der Waals surface area contributed by atoms with E-state index in [4.69, 9.17) is 23.9 Å². The highest BCUT2D eigenvalue weighted by molar-refractivity contribution is 7.07. The van der Waals surface area contributed by atoms with Crippen LogP contribution in [-0.4, -0.2) is 36.5 Å². The molecule has 2 heterocycles. The topological polar surface area (TPSA) is 88.4 Å². The summed E-state index contributed by atoms with van der Waals surface area (Å²) < 4.78 is 25.4. The van der Waals surface area contributed by atoms with E-state index in [1.165, 1.54) is 11.3 Å². The quantitative estimate of drug-likeness (QED) is 0.215. The fraction of sp³-hybridized carbons (Fsp3) is 0.364. The lowest BCUT2D eigenvalue weighted by Crippen LogP contribution is -2.40.